The van der Waals surface area contributed by atoms with Gasteiger partial charge in [0.15, 0.2) is 0 Å². The molecule has 40 heavy (non-hydrogen) atoms. The van der Waals surface area contributed by atoms with Crippen molar-refractivity contribution in [2.24, 2.45) is 0 Å². The van der Waals surface area contributed by atoms with Gasteiger partial charge in [-0.15, -0.1) is 0 Å². The summed E-state index contributed by atoms with van der Waals surface area (Å²) in [6.45, 7) is 8.30. The van der Waals surface area contributed by atoms with Gasteiger partial charge in [0.2, 0.25) is 0 Å². The number of rotatable bonds is 6. The van der Waals surface area contributed by atoms with Crippen LogP contribution >= 0.6 is 0 Å². The highest BCUT2D eigenvalue weighted by molar-refractivity contribution is 5.92. The van der Waals surface area contributed by atoms with Gasteiger partial charge in [0, 0.05) is 17.3 Å². The van der Waals surface area contributed by atoms with Crippen molar-refractivity contribution in [1.29, 1.82) is 0 Å². The predicted molar refractivity (Wildman–Crippen MR) is 154 cm³/mol. The van der Waals surface area contributed by atoms with Crippen molar-refractivity contribution >= 4 is 22.6 Å². The summed E-state index contributed by atoms with van der Waals surface area (Å²) in [5, 5.41) is 16.0. The summed E-state index contributed by atoms with van der Waals surface area (Å²) >= 11 is 0. The molecule has 0 unspecified atom stereocenters. The second kappa shape index (κ2) is 9.62. The molecule has 3 heterocycles. The van der Waals surface area contributed by atoms with Gasteiger partial charge in [0.1, 0.15) is 5.69 Å². The van der Waals surface area contributed by atoms with E-state index in [1.165, 1.54) is 0 Å². The number of nitrogens with zero attached hydrogens (tertiary/aromatic N) is 5. The van der Waals surface area contributed by atoms with Crippen molar-refractivity contribution in [2.45, 2.75) is 58.0 Å². The Labute approximate surface area is 233 Å². The average Bonchev–Trinajstić information content (AvgIpc) is 3.29. The maximum absolute atomic E-state index is 12.4. The SMILES string of the molecule is CCOc1nn(-c2ccc(C3(N(C(=O)O)C(C)(C)C)CCC3)cc2)c2c3cc(-c4ccccc4)cnc3cc[n+]12. The zero-order valence-corrected chi connectivity index (χ0v) is 23.3. The summed E-state index contributed by atoms with van der Waals surface area (Å²) < 4.78 is 9.77. The zero-order valence-electron chi connectivity index (χ0n) is 23.3. The lowest BCUT2D eigenvalue weighted by Crippen LogP contribution is -2.60. The molecule has 3 aromatic heterocycles. The van der Waals surface area contributed by atoms with Crippen molar-refractivity contribution in [3.63, 3.8) is 0 Å². The third-order valence-electron chi connectivity index (χ3n) is 7.86. The smallest absolute Gasteiger partial charge is 0.465 e. The molecule has 8 heteroatoms. The second-order valence-corrected chi connectivity index (χ2v) is 11.4. The van der Waals surface area contributed by atoms with Gasteiger partial charge in [-0.25, -0.2) is 4.79 Å². The van der Waals surface area contributed by atoms with Gasteiger partial charge in [-0.2, -0.15) is 4.40 Å². The lowest BCUT2D eigenvalue weighted by molar-refractivity contribution is -0.521. The van der Waals surface area contributed by atoms with Gasteiger partial charge in [-0.3, -0.25) is 9.88 Å². The highest BCUT2D eigenvalue weighted by atomic mass is 16.5. The molecule has 2 aromatic carbocycles. The number of pyridine rings is 2. The molecular formula is C32H34N5O3+. The molecule has 0 spiro atoms. The molecule has 0 atom stereocenters. The van der Waals surface area contributed by atoms with Crippen molar-refractivity contribution in [2.75, 3.05) is 6.61 Å². The molecule has 1 N–H and O–H groups in total. The summed E-state index contributed by atoms with van der Waals surface area (Å²) in [7, 11) is 0. The zero-order chi connectivity index (χ0) is 28.1. The van der Waals surface area contributed by atoms with E-state index < -0.39 is 17.2 Å². The Morgan fingerprint density at radius 2 is 1.80 bits per heavy atom. The van der Waals surface area contributed by atoms with E-state index in [0.717, 1.165) is 58.2 Å². The van der Waals surface area contributed by atoms with E-state index in [0.29, 0.717) is 12.6 Å². The van der Waals surface area contributed by atoms with Crippen molar-refractivity contribution in [3.8, 4) is 22.8 Å². The first-order valence-corrected chi connectivity index (χ1v) is 13.8. The lowest BCUT2D eigenvalue weighted by atomic mass is 9.69. The van der Waals surface area contributed by atoms with Crippen molar-refractivity contribution in [3.05, 3.63) is 84.7 Å². The van der Waals surface area contributed by atoms with E-state index in [-0.39, 0.29) is 0 Å². The molecule has 5 aromatic rings. The second-order valence-electron chi connectivity index (χ2n) is 11.4. The molecule has 0 aliphatic heterocycles. The minimum Gasteiger partial charge on any atom is -0.465 e. The first-order valence-electron chi connectivity index (χ1n) is 13.8. The number of amides is 1. The summed E-state index contributed by atoms with van der Waals surface area (Å²) in [6, 6.07) is 23.0. The van der Waals surface area contributed by atoms with Gasteiger partial charge in [-0.05, 0) is 82.3 Å². The van der Waals surface area contributed by atoms with Crippen LogP contribution in [-0.2, 0) is 5.54 Å². The normalized spacial score (nSPS) is 14.7. The Kier molecular flexibility index (Phi) is 6.21. The summed E-state index contributed by atoms with van der Waals surface area (Å²) in [5.41, 5.74) is 4.63. The third-order valence-corrected chi connectivity index (χ3v) is 7.86. The largest absolute Gasteiger partial charge is 0.473 e. The minimum atomic E-state index is -0.889. The summed E-state index contributed by atoms with van der Waals surface area (Å²) in [5.74, 6) is 0. The predicted octanol–water partition coefficient (Wildman–Crippen LogP) is 6.38. The van der Waals surface area contributed by atoms with E-state index in [9.17, 15) is 9.90 Å². The number of ether oxygens (including phenoxy) is 1. The molecule has 1 aliphatic rings. The fourth-order valence-corrected chi connectivity index (χ4v) is 6.06. The van der Waals surface area contributed by atoms with Gasteiger partial charge < -0.3 is 9.84 Å². The van der Waals surface area contributed by atoms with E-state index in [4.69, 9.17) is 14.8 Å². The fourth-order valence-electron chi connectivity index (χ4n) is 6.06. The standard InChI is InChI=1S/C32H33N5O3/c1-5-40-29-34-36(25-14-12-24(13-15-25)32(17-9-18-32)37(30(38)39)31(2,3)4)28-26-20-23(22-10-7-6-8-11-22)21-33-27(26)16-19-35(28)29/h6-8,10-16,19-21H,5,9,17-18H2,1-4H3/p+1. The van der Waals surface area contributed by atoms with Crippen LogP contribution in [0, 0.1) is 0 Å². The van der Waals surface area contributed by atoms with E-state index >= 15 is 0 Å². The van der Waals surface area contributed by atoms with Crippen LogP contribution in [0.3, 0.4) is 0 Å². The number of carbonyl (C=O) groups is 1. The summed E-state index contributed by atoms with van der Waals surface area (Å²) in [6.07, 6.45) is 5.57. The molecule has 0 radical (unpaired) electrons. The molecule has 0 saturated heterocycles. The molecule has 6 rings (SSSR count). The van der Waals surface area contributed by atoms with Crippen LogP contribution in [0.4, 0.5) is 4.79 Å². The van der Waals surface area contributed by atoms with E-state index in [2.05, 4.69) is 18.2 Å². The average molecular weight is 537 g/mol. The lowest BCUT2D eigenvalue weighted by Gasteiger charge is -2.54. The van der Waals surface area contributed by atoms with Crippen LogP contribution in [0.2, 0.25) is 0 Å². The number of aromatic nitrogens is 4. The highest BCUT2D eigenvalue weighted by Gasteiger charge is 2.50. The number of benzene rings is 2. The Balaban J connectivity index is 1.50. The molecule has 1 amide bonds. The van der Waals surface area contributed by atoms with Gasteiger partial charge >= 0.3 is 12.1 Å². The van der Waals surface area contributed by atoms with E-state index in [1.807, 2.05) is 97.7 Å². The third kappa shape index (κ3) is 4.15. The molecule has 204 valence electrons. The first-order chi connectivity index (χ1) is 19.2. The fraction of sp³-hybridized carbons (Fsp3) is 0.312. The van der Waals surface area contributed by atoms with Crippen molar-refractivity contribution < 1.29 is 19.0 Å². The molecule has 1 fully saturated rings. The Morgan fingerprint density at radius 3 is 2.40 bits per heavy atom. The quantitative estimate of drug-likeness (QED) is 0.255. The van der Waals surface area contributed by atoms with Crippen LogP contribution in [-0.4, -0.2) is 43.0 Å². The van der Waals surface area contributed by atoms with Gasteiger partial charge in [0.25, 0.3) is 5.65 Å². The minimum absolute atomic E-state index is 0.485. The van der Waals surface area contributed by atoms with Crippen LogP contribution in [0.25, 0.3) is 33.4 Å². The number of carboxylic acid groups (broad SMARTS) is 1. The maximum Gasteiger partial charge on any atom is 0.473 e. The Bertz CT molecular complexity index is 1700. The molecule has 8 nitrogen and oxygen atoms in total. The molecule has 1 saturated carbocycles. The first kappa shape index (κ1) is 25.8. The molecule has 1 aliphatic carbocycles. The number of fused-ring (bicyclic) bond motifs is 3. The maximum atomic E-state index is 12.4. The Morgan fingerprint density at radius 1 is 1.07 bits per heavy atom. The summed E-state index contributed by atoms with van der Waals surface area (Å²) in [4.78, 5) is 18.8. The van der Waals surface area contributed by atoms with Crippen molar-refractivity contribution in [1.82, 2.24) is 19.7 Å². The van der Waals surface area contributed by atoms with Crippen LogP contribution in [0.5, 0.6) is 6.01 Å². The van der Waals surface area contributed by atoms with E-state index in [1.54, 1.807) is 4.90 Å². The number of hydrogen-bond acceptors (Lipinski definition) is 4. The monoisotopic (exact) mass is 536 g/mol. The molecule has 0 bridgehead atoms. The van der Waals surface area contributed by atoms with Crippen LogP contribution in [0.15, 0.2) is 79.1 Å². The topological polar surface area (TPSA) is 84.6 Å². The highest BCUT2D eigenvalue weighted by Crippen LogP contribution is 2.49. The Hall–Kier alpha value is -4.46. The van der Waals surface area contributed by atoms with Crippen LogP contribution < -0.4 is 9.14 Å². The van der Waals surface area contributed by atoms with Gasteiger partial charge in [-0.1, -0.05) is 47.1 Å². The van der Waals surface area contributed by atoms with Crippen LogP contribution in [0.1, 0.15) is 52.5 Å². The molecular weight excluding hydrogens is 502 g/mol. The number of hydrogen-bond donors (Lipinski definition) is 1. The van der Waals surface area contributed by atoms with Gasteiger partial charge in [0.05, 0.1) is 34.3 Å².